The van der Waals surface area contributed by atoms with E-state index in [1.54, 1.807) is 11.9 Å². The Morgan fingerprint density at radius 3 is 2.11 bits per heavy atom. The van der Waals surface area contributed by atoms with E-state index in [1.807, 2.05) is 21.1 Å². The zero-order valence-electron chi connectivity index (χ0n) is 16.9. The number of carbonyl (C=O) groups is 3. The number of nitrogens with one attached hydrogen (secondary N) is 3. The second-order valence-electron chi connectivity index (χ2n) is 7.09. The summed E-state index contributed by atoms with van der Waals surface area (Å²) in [4.78, 5) is 33.0. The van der Waals surface area contributed by atoms with E-state index >= 15 is 0 Å². The van der Waals surface area contributed by atoms with Crippen LogP contribution in [0.15, 0.2) is 0 Å². The zero-order valence-corrected chi connectivity index (χ0v) is 16.9. The minimum Gasteiger partial charge on any atom is -0.550 e. The van der Waals surface area contributed by atoms with Crippen LogP contribution in [-0.2, 0) is 14.4 Å². The van der Waals surface area contributed by atoms with Crippen molar-refractivity contribution in [2.75, 3.05) is 54.9 Å². The number of quaternary nitrogens is 1. The van der Waals surface area contributed by atoms with Gasteiger partial charge in [0.2, 0.25) is 5.91 Å². The van der Waals surface area contributed by atoms with E-state index in [2.05, 4.69) is 5.32 Å². The van der Waals surface area contributed by atoms with Crippen molar-refractivity contribution in [1.82, 2.24) is 15.1 Å². The number of guanidine groups is 2. The predicted octanol–water partition coefficient (Wildman–Crippen LogP) is -3.93. The van der Waals surface area contributed by atoms with E-state index < -0.39 is 18.0 Å². The Hall–Kier alpha value is -2.93. The lowest BCUT2D eigenvalue weighted by molar-refractivity contribution is -0.873. The number of carbonyl (C=O) groups excluding carboxylic acids is 2. The van der Waals surface area contributed by atoms with Crippen molar-refractivity contribution in [2.24, 2.45) is 5.73 Å². The van der Waals surface area contributed by atoms with Gasteiger partial charge < -0.3 is 40.1 Å². The van der Waals surface area contributed by atoms with Crippen molar-refractivity contribution >= 4 is 29.8 Å². The number of carboxylic acids is 2. The summed E-state index contributed by atoms with van der Waals surface area (Å²) in [6, 6.07) is 0. The molecule has 1 fully saturated rings. The summed E-state index contributed by atoms with van der Waals surface area (Å²) in [5, 5.41) is 43.3. The second-order valence-corrected chi connectivity index (χ2v) is 7.09. The molecule has 0 aromatic heterocycles. The Morgan fingerprint density at radius 2 is 1.93 bits per heavy atom. The van der Waals surface area contributed by atoms with Crippen LogP contribution in [0.2, 0.25) is 0 Å². The van der Waals surface area contributed by atoms with Crippen LogP contribution in [0.3, 0.4) is 0 Å². The number of aliphatic carboxylic acids is 2. The molecular formula is C15H31N7O6. The highest BCUT2D eigenvalue weighted by molar-refractivity contribution is 6.02. The number of aliphatic hydroxyl groups excluding tert-OH is 1. The first-order valence-electron chi connectivity index (χ1n) is 8.10. The topological polar surface area (TPSA) is 207 Å². The van der Waals surface area contributed by atoms with Crippen LogP contribution in [0, 0.1) is 10.8 Å². The first kappa shape index (κ1) is 27.3. The Morgan fingerprint density at radius 1 is 1.43 bits per heavy atom. The quantitative estimate of drug-likeness (QED) is 0.145. The fourth-order valence-corrected chi connectivity index (χ4v) is 1.74. The summed E-state index contributed by atoms with van der Waals surface area (Å²) in [6.45, 7) is 0.516. The highest BCUT2D eigenvalue weighted by Crippen LogP contribution is 1.97. The number of amides is 1. The minimum absolute atomic E-state index is 0.0995. The highest BCUT2D eigenvalue weighted by Gasteiger charge is 2.18. The third kappa shape index (κ3) is 16.5. The molecule has 0 aromatic rings. The van der Waals surface area contributed by atoms with Gasteiger partial charge in [-0.2, -0.15) is 0 Å². The van der Waals surface area contributed by atoms with Crippen molar-refractivity contribution in [3.8, 4) is 0 Å². The lowest BCUT2D eigenvalue weighted by atomic mass is 10.2. The summed E-state index contributed by atoms with van der Waals surface area (Å²) in [5.41, 5.74) is 4.93. The first-order chi connectivity index (χ1) is 12.5. The molecule has 0 spiro atoms. The molecule has 1 unspecified atom stereocenters. The molecule has 7 N–H and O–H groups in total. The van der Waals surface area contributed by atoms with Crippen LogP contribution in [0.4, 0.5) is 0 Å². The molecule has 1 saturated heterocycles. The van der Waals surface area contributed by atoms with Gasteiger partial charge in [-0.25, -0.2) is 0 Å². The first-order valence-corrected chi connectivity index (χ1v) is 8.10. The molecular weight excluding hydrogens is 374 g/mol. The Balaban J connectivity index is 0. The van der Waals surface area contributed by atoms with E-state index in [0.29, 0.717) is 17.6 Å². The molecule has 1 rings (SSSR count). The molecule has 28 heavy (non-hydrogen) atoms. The molecule has 1 atom stereocenters. The predicted molar refractivity (Wildman–Crippen MR) is 99.2 cm³/mol. The summed E-state index contributed by atoms with van der Waals surface area (Å²) in [5.74, 6) is -2.34. The minimum atomic E-state index is -1.20. The molecule has 13 heteroatoms. The lowest BCUT2D eigenvalue weighted by Gasteiger charge is -2.26. The van der Waals surface area contributed by atoms with E-state index in [9.17, 15) is 19.5 Å². The summed E-state index contributed by atoms with van der Waals surface area (Å²) in [7, 11) is 8.80. The smallest absolute Gasteiger partial charge is 0.323 e. The van der Waals surface area contributed by atoms with Crippen LogP contribution >= 0.6 is 0 Å². The van der Waals surface area contributed by atoms with Gasteiger partial charge in [-0.05, 0) is 0 Å². The fraction of sp³-hybridized carbons (Fsp3) is 0.667. The van der Waals surface area contributed by atoms with Gasteiger partial charge in [0.05, 0.1) is 27.7 Å². The largest absolute Gasteiger partial charge is 0.550 e. The van der Waals surface area contributed by atoms with Crippen LogP contribution in [0.25, 0.3) is 0 Å². The second kappa shape index (κ2) is 12.5. The van der Waals surface area contributed by atoms with Gasteiger partial charge in [-0.15, -0.1) is 0 Å². The normalized spacial score (nSPS) is 14.0. The van der Waals surface area contributed by atoms with Gasteiger partial charge in [0, 0.05) is 26.5 Å². The Bertz CT molecular complexity index is 576. The monoisotopic (exact) mass is 405 g/mol. The maximum atomic E-state index is 10.4. The van der Waals surface area contributed by atoms with Gasteiger partial charge in [0.15, 0.2) is 11.9 Å². The highest BCUT2D eigenvalue weighted by atomic mass is 16.4. The molecule has 1 aliphatic heterocycles. The van der Waals surface area contributed by atoms with E-state index in [-0.39, 0.29) is 30.8 Å². The van der Waals surface area contributed by atoms with Crippen molar-refractivity contribution in [2.45, 2.75) is 12.5 Å². The Labute approximate surface area is 163 Å². The maximum Gasteiger partial charge on any atom is 0.323 e. The standard InChI is InChI=1S/C7H15NO3.C4H9N3O2.C4H7N3O/c1-8(2,3)5-6(9)4-7(10)11;1-7(4(5)6)2-3(8)9;1-7-2-3(8)6-4(7)5/h6,9H,4-5H2,1-3H3;2H2,1H3,(H3,5,6)(H,8,9);2H2,1H3,(H2,5,6,8). The Kier molecular flexibility index (Phi) is 12.1. The van der Waals surface area contributed by atoms with Crippen LogP contribution in [0.5, 0.6) is 0 Å². The molecule has 0 saturated carbocycles. The van der Waals surface area contributed by atoms with Gasteiger partial charge in [-0.1, -0.05) is 0 Å². The van der Waals surface area contributed by atoms with Crippen molar-refractivity contribution in [1.29, 1.82) is 10.8 Å². The van der Waals surface area contributed by atoms with Gasteiger partial charge in [0.25, 0.3) is 0 Å². The van der Waals surface area contributed by atoms with Crippen LogP contribution in [-0.4, -0.2) is 115 Å². The molecule has 0 bridgehead atoms. The number of hydrogen-bond donors (Lipinski definition) is 6. The lowest BCUT2D eigenvalue weighted by Crippen LogP contribution is -2.43. The molecule has 1 aliphatic rings. The zero-order chi connectivity index (χ0) is 22.7. The number of hydrogen-bond acceptors (Lipinski definition) is 7. The molecule has 0 aliphatic carbocycles. The van der Waals surface area contributed by atoms with E-state index in [1.165, 1.54) is 7.05 Å². The van der Waals surface area contributed by atoms with Gasteiger partial charge in [0.1, 0.15) is 19.2 Å². The van der Waals surface area contributed by atoms with E-state index in [4.69, 9.17) is 26.8 Å². The summed E-state index contributed by atoms with van der Waals surface area (Å²) >= 11 is 0. The van der Waals surface area contributed by atoms with Gasteiger partial charge >= 0.3 is 5.97 Å². The average Bonchev–Trinajstić information content (AvgIpc) is 2.72. The number of rotatable bonds is 6. The van der Waals surface area contributed by atoms with Crippen LogP contribution in [0.1, 0.15) is 6.42 Å². The van der Waals surface area contributed by atoms with E-state index in [0.717, 1.165) is 4.90 Å². The molecule has 13 nitrogen and oxygen atoms in total. The average molecular weight is 405 g/mol. The third-order valence-corrected chi connectivity index (χ3v) is 2.96. The summed E-state index contributed by atoms with van der Waals surface area (Å²) < 4.78 is 0.550. The number of nitrogens with zero attached hydrogens (tertiary/aromatic N) is 3. The maximum absolute atomic E-state index is 10.4. The molecule has 1 heterocycles. The molecule has 1 amide bonds. The van der Waals surface area contributed by atoms with Crippen molar-refractivity contribution in [3.63, 3.8) is 0 Å². The molecule has 0 radical (unpaired) electrons. The van der Waals surface area contributed by atoms with Crippen molar-refractivity contribution in [3.05, 3.63) is 0 Å². The fourth-order valence-electron chi connectivity index (χ4n) is 1.74. The number of carboxylic acid groups (broad SMARTS) is 2. The van der Waals surface area contributed by atoms with Crippen molar-refractivity contribution < 1.29 is 34.2 Å². The molecule has 0 aromatic carbocycles. The molecule has 162 valence electrons. The summed E-state index contributed by atoms with van der Waals surface area (Å²) in [6.07, 6.45) is -1.09. The SMILES string of the molecule is CN(CC(=O)O)C(=N)N.CN1CC(=O)NC1=N.C[N+](C)(C)CC(O)CC(=O)[O-]. The number of likely N-dealkylation sites (N-methyl/N-ethyl adjacent to an activating group) is 3. The van der Waals surface area contributed by atoms with Crippen LogP contribution < -0.4 is 16.2 Å². The number of aliphatic hydroxyl groups is 1. The third-order valence-electron chi connectivity index (χ3n) is 2.96. The van der Waals surface area contributed by atoms with Gasteiger partial charge in [-0.3, -0.25) is 25.7 Å². The number of nitrogens with two attached hydrogens (primary N) is 1.